The van der Waals surface area contributed by atoms with Gasteiger partial charge in [-0.15, -0.1) is 0 Å². The van der Waals surface area contributed by atoms with E-state index in [1.54, 1.807) is 24.3 Å². The van der Waals surface area contributed by atoms with Crippen LogP contribution in [0, 0.1) is 0 Å². The first-order valence-electron chi connectivity index (χ1n) is 8.02. The monoisotopic (exact) mass is 349 g/mol. The molecule has 0 unspecified atom stereocenters. The van der Waals surface area contributed by atoms with Crippen molar-refractivity contribution in [2.75, 3.05) is 24.1 Å². The molecule has 0 amide bonds. The van der Waals surface area contributed by atoms with Crippen molar-refractivity contribution >= 4 is 15.7 Å². The summed E-state index contributed by atoms with van der Waals surface area (Å²) in [4.78, 5) is 0.181. The molecule has 0 aliphatic carbocycles. The molecule has 0 atom stereocenters. The van der Waals surface area contributed by atoms with Crippen LogP contribution in [-0.2, 0) is 10.0 Å². The van der Waals surface area contributed by atoms with E-state index in [9.17, 15) is 8.42 Å². The Morgan fingerprint density at radius 3 is 2.08 bits per heavy atom. The van der Waals surface area contributed by atoms with Crippen molar-refractivity contribution in [3.63, 3.8) is 0 Å². The number of hydrogen-bond donors (Lipinski definition) is 0. The van der Waals surface area contributed by atoms with Crippen molar-refractivity contribution in [2.45, 2.75) is 25.7 Å². The molecule has 0 aliphatic heterocycles. The third-order valence-electron chi connectivity index (χ3n) is 3.43. The van der Waals surface area contributed by atoms with Crippen LogP contribution in [0.3, 0.4) is 0 Å². The van der Waals surface area contributed by atoms with Gasteiger partial charge >= 0.3 is 0 Å². The zero-order valence-electron chi connectivity index (χ0n) is 14.2. The van der Waals surface area contributed by atoms with E-state index in [4.69, 9.17) is 9.47 Å². The molecule has 2 aromatic rings. The SMILES string of the molecule is CCOc1ccc(S(=O)(=O)N(CC)c2ccccc2)cc1OCC. The van der Waals surface area contributed by atoms with Crippen molar-refractivity contribution < 1.29 is 17.9 Å². The highest BCUT2D eigenvalue weighted by Crippen LogP contribution is 2.32. The van der Waals surface area contributed by atoms with Gasteiger partial charge in [-0.05, 0) is 45.0 Å². The lowest BCUT2D eigenvalue weighted by atomic mass is 10.3. The second-order valence-corrected chi connectivity index (χ2v) is 6.84. The number of nitrogens with zero attached hydrogens (tertiary/aromatic N) is 1. The summed E-state index contributed by atoms with van der Waals surface area (Å²) in [6.45, 7) is 6.77. The standard InChI is InChI=1S/C18H23NO4S/c1-4-19(15-10-8-7-9-11-15)24(20,21)16-12-13-17(22-5-2)18(14-16)23-6-3/h7-14H,4-6H2,1-3H3. The van der Waals surface area contributed by atoms with E-state index < -0.39 is 10.0 Å². The summed E-state index contributed by atoms with van der Waals surface area (Å²) < 4.78 is 38.4. The summed E-state index contributed by atoms with van der Waals surface area (Å²) in [6, 6.07) is 13.8. The van der Waals surface area contributed by atoms with Crippen LogP contribution in [0.4, 0.5) is 5.69 Å². The number of rotatable bonds is 8. The summed E-state index contributed by atoms with van der Waals surface area (Å²) in [5.41, 5.74) is 0.631. The van der Waals surface area contributed by atoms with Crippen LogP contribution in [0.5, 0.6) is 11.5 Å². The minimum atomic E-state index is -3.68. The molecule has 0 radical (unpaired) electrons. The van der Waals surface area contributed by atoms with Gasteiger partial charge in [-0.1, -0.05) is 18.2 Å². The normalized spacial score (nSPS) is 11.1. The molecule has 6 heteroatoms. The lowest BCUT2D eigenvalue weighted by molar-refractivity contribution is 0.287. The first-order chi connectivity index (χ1) is 11.5. The summed E-state index contributed by atoms with van der Waals surface area (Å²) in [7, 11) is -3.68. The molecule has 0 bridgehead atoms. The molecular weight excluding hydrogens is 326 g/mol. The van der Waals surface area contributed by atoms with Gasteiger partial charge in [0.25, 0.3) is 10.0 Å². The zero-order valence-corrected chi connectivity index (χ0v) is 15.0. The van der Waals surface area contributed by atoms with E-state index in [0.29, 0.717) is 36.9 Å². The smallest absolute Gasteiger partial charge is 0.264 e. The third kappa shape index (κ3) is 3.82. The zero-order chi connectivity index (χ0) is 17.6. The molecule has 0 heterocycles. The fourth-order valence-corrected chi connectivity index (χ4v) is 3.89. The topological polar surface area (TPSA) is 55.8 Å². The maximum Gasteiger partial charge on any atom is 0.264 e. The Hall–Kier alpha value is -2.21. The second-order valence-electron chi connectivity index (χ2n) is 4.98. The molecule has 0 N–H and O–H groups in total. The van der Waals surface area contributed by atoms with E-state index >= 15 is 0 Å². The molecule has 0 saturated heterocycles. The van der Waals surface area contributed by atoms with Gasteiger partial charge in [-0.25, -0.2) is 8.42 Å². The van der Waals surface area contributed by atoms with E-state index in [2.05, 4.69) is 0 Å². The molecule has 0 fully saturated rings. The molecule has 2 aromatic carbocycles. The minimum absolute atomic E-state index is 0.181. The fourth-order valence-electron chi connectivity index (χ4n) is 2.40. The lowest BCUT2D eigenvalue weighted by Crippen LogP contribution is -2.30. The third-order valence-corrected chi connectivity index (χ3v) is 5.33. The highest BCUT2D eigenvalue weighted by molar-refractivity contribution is 7.92. The summed E-state index contributed by atoms with van der Waals surface area (Å²) in [5.74, 6) is 0.977. The first kappa shape index (κ1) is 18.1. The lowest BCUT2D eigenvalue weighted by Gasteiger charge is -2.23. The Morgan fingerprint density at radius 2 is 1.50 bits per heavy atom. The van der Waals surface area contributed by atoms with Crippen molar-refractivity contribution in [3.05, 3.63) is 48.5 Å². The number of sulfonamides is 1. The van der Waals surface area contributed by atoms with E-state index in [1.807, 2.05) is 39.0 Å². The van der Waals surface area contributed by atoms with Crippen molar-refractivity contribution in [2.24, 2.45) is 0 Å². The number of para-hydroxylation sites is 1. The molecular formula is C18H23NO4S. The van der Waals surface area contributed by atoms with Crippen molar-refractivity contribution in [1.29, 1.82) is 0 Å². The Balaban J connectivity index is 2.46. The highest BCUT2D eigenvalue weighted by Gasteiger charge is 2.25. The van der Waals surface area contributed by atoms with Crippen LogP contribution in [0.25, 0.3) is 0 Å². The molecule has 0 aromatic heterocycles. The van der Waals surface area contributed by atoms with Crippen LogP contribution in [0.2, 0.25) is 0 Å². The van der Waals surface area contributed by atoms with Crippen molar-refractivity contribution in [1.82, 2.24) is 0 Å². The van der Waals surface area contributed by atoms with Crippen molar-refractivity contribution in [3.8, 4) is 11.5 Å². The van der Waals surface area contributed by atoms with Gasteiger partial charge < -0.3 is 9.47 Å². The van der Waals surface area contributed by atoms with Gasteiger partial charge in [0, 0.05) is 12.6 Å². The summed E-state index contributed by atoms with van der Waals surface area (Å²) in [6.07, 6.45) is 0. The average Bonchev–Trinajstić information content (AvgIpc) is 2.58. The van der Waals surface area contributed by atoms with Gasteiger partial charge in [0.05, 0.1) is 23.8 Å². The number of ether oxygens (including phenoxy) is 2. The van der Waals surface area contributed by atoms with Gasteiger partial charge in [0.2, 0.25) is 0 Å². The van der Waals surface area contributed by atoms with Crippen LogP contribution in [0.1, 0.15) is 20.8 Å². The largest absolute Gasteiger partial charge is 0.490 e. The van der Waals surface area contributed by atoms with Gasteiger partial charge in [0.1, 0.15) is 0 Å². The maximum absolute atomic E-state index is 13.0. The van der Waals surface area contributed by atoms with Crippen LogP contribution < -0.4 is 13.8 Å². The Morgan fingerprint density at radius 1 is 0.875 bits per heavy atom. The van der Waals surface area contributed by atoms with Gasteiger partial charge in [0.15, 0.2) is 11.5 Å². The Bertz CT molecular complexity index is 760. The van der Waals surface area contributed by atoms with Crippen LogP contribution in [0.15, 0.2) is 53.4 Å². The number of benzene rings is 2. The van der Waals surface area contributed by atoms with E-state index in [0.717, 1.165) is 0 Å². The maximum atomic E-state index is 13.0. The fraction of sp³-hybridized carbons (Fsp3) is 0.333. The minimum Gasteiger partial charge on any atom is -0.490 e. The quantitative estimate of drug-likeness (QED) is 0.729. The highest BCUT2D eigenvalue weighted by atomic mass is 32.2. The molecule has 24 heavy (non-hydrogen) atoms. The van der Waals surface area contributed by atoms with E-state index in [-0.39, 0.29) is 4.90 Å². The summed E-state index contributed by atoms with van der Waals surface area (Å²) in [5, 5.41) is 0. The molecule has 130 valence electrons. The first-order valence-corrected chi connectivity index (χ1v) is 9.46. The summed E-state index contributed by atoms with van der Waals surface area (Å²) >= 11 is 0. The molecule has 0 aliphatic rings. The Labute approximate surface area is 143 Å². The van der Waals surface area contributed by atoms with Crippen LogP contribution in [-0.4, -0.2) is 28.2 Å². The van der Waals surface area contributed by atoms with Gasteiger partial charge in [-0.2, -0.15) is 0 Å². The molecule has 5 nitrogen and oxygen atoms in total. The predicted molar refractivity (Wildman–Crippen MR) is 95.4 cm³/mol. The molecule has 2 rings (SSSR count). The number of anilines is 1. The number of hydrogen-bond acceptors (Lipinski definition) is 4. The Kier molecular flexibility index (Phi) is 6.09. The molecule has 0 spiro atoms. The van der Waals surface area contributed by atoms with E-state index in [1.165, 1.54) is 10.4 Å². The average molecular weight is 349 g/mol. The predicted octanol–water partition coefficient (Wildman–Crippen LogP) is 3.70. The second kappa shape index (κ2) is 8.06. The van der Waals surface area contributed by atoms with Crippen LogP contribution >= 0.6 is 0 Å². The molecule has 0 saturated carbocycles. The van der Waals surface area contributed by atoms with Gasteiger partial charge in [-0.3, -0.25) is 4.31 Å².